The summed E-state index contributed by atoms with van der Waals surface area (Å²) in [6.07, 6.45) is -0.0453. The second-order valence-electron chi connectivity index (χ2n) is 20.2. The number of rotatable bonds is 11. The summed E-state index contributed by atoms with van der Waals surface area (Å²) in [5.74, 6) is -0.458. The molecule has 0 saturated heterocycles. The Morgan fingerprint density at radius 2 is 1.29 bits per heavy atom. The molecule has 2 aliphatic rings. The summed E-state index contributed by atoms with van der Waals surface area (Å²) in [6, 6.07) is 17.5. The molecule has 1 amide bonds. The summed E-state index contributed by atoms with van der Waals surface area (Å²) in [5.41, 5.74) is 4.71. The number of nitrogens with two attached hydrogens (primary N) is 1. The minimum atomic E-state index is -4.89. The van der Waals surface area contributed by atoms with Gasteiger partial charge in [0, 0.05) is 43.4 Å². The summed E-state index contributed by atoms with van der Waals surface area (Å²) < 4.78 is 97.7. The van der Waals surface area contributed by atoms with Gasteiger partial charge in [-0.1, -0.05) is 52.0 Å². The van der Waals surface area contributed by atoms with Crippen molar-refractivity contribution in [1.29, 1.82) is 0 Å². The molecule has 2 saturated carbocycles. The van der Waals surface area contributed by atoms with E-state index in [1.54, 1.807) is 49.9 Å². The SMILES string of the molecule is CC1(C)CCC(N(Cc2ccc(Oc3cc(N)c([N+](=O)[O-])cc3C(F)(F)F)cc2)C(=O)OC(C)(C)C)CC1.CC1(C)CCC(NCc2ccc(Oc3cc4nc[nH]c4cc3C(F)(F)F)cc2)CC1. The minimum Gasteiger partial charge on any atom is -0.457 e. The number of nitro benzene ring substituents is 1. The Morgan fingerprint density at radius 3 is 1.81 bits per heavy atom. The van der Waals surface area contributed by atoms with Gasteiger partial charge >= 0.3 is 18.4 Å². The van der Waals surface area contributed by atoms with E-state index in [9.17, 15) is 41.3 Å². The number of H-pyrrole nitrogens is 1. The number of aromatic nitrogens is 2. The van der Waals surface area contributed by atoms with Gasteiger partial charge in [-0.3, -0.25) is 10.1 Å². The van der Waals surface area contributed by atoms with Crippen molar-refractivity contribution in [1.82, 2.24) is 20.2 Å². The van der Waals surface area contributed by atoms with Gasteiger partial charge in [0.15, 0.2) is 0 Å². The normalized spacial score (nSPS) is 16.7. The van der Waals surface area contributed by atoms with Crippen molar-refractivity contribution in [3.63, 3.8) is 0 Å². The van der Waals surface area contributed by atoms with Crippen LogP contribution < -0.4 is 20.5 Å². The molecular formula is C50H60F6N6O6. The lowest BCUT2D eigenvalue weighted by Crippen LogP contribution is -2.45. The third-order valence-electron chi connectivity index (χ3n) is 12.4. The zero-order chi connectivity index (χ0) is 49.8. The molecule has 7 rings (SSSR count). The van der Waals surface area contributed by atoms with Crippen molar-refractivity contribution in [2.75, 3.05) is 5.73 Å². The molecule has 5 aromatic rings. The van der Waals surface area contributed by atoms with E-state index in [2.05, 4.69) is 43.0 Å². The second-order valence-corrected chi connectivity index (χ2v) is 20.2. The third-order valence-corrected chi connectivity index (χ3v) is 12.4. The topological polar surface area (TPSA) is 158 Å². The van der Waals surface area contributed by atoms with E-state index >= 15 is 0 Å². The molecule has 368 valence electrons. The molecule has 68 heavy (non-hydrogen) atoms. The maximum absolute atomic E-state index is 13.6. The van der Waals surface area contributed by atoms with Crippen molar-refractivity contribution in [2.45, 2.75) is 143 Å². The molecule has 0 bridgehead atoms. The van der Waals surface area contributed by atoms with Gasteiger partial charge in [0.05, 0.1) is 22.3 Å². The van der Waals surface area contributed by atoms with Gasteiger partial charge in [-0.15, -0.1) is 0 Å². The number of alkyl halides is 6. The molecule has 18 heteroatoms. The highest BCUT2D eigenvalue weighted by Crippen LogP contribution is 2.44. The molecule has 0 radical (unpaired) electrons. The number of nitro groups is 1. The molecule has 4 aromatic carbocycles. The predicted molar refractivity (Wildman–Crippen MR) is 247 cm³/mol. The summed E-state index contributed by atoms with van der Waals surface area (Å²) in [6.45, 7) is 15.5. The number of ether oxygens (including phenoxy) is 3. The number of amides is 1. The van der Waals surface area contributed by atoms with Crippen LogP contribution in [0.1, 0.15) is 122 Å². The highest BCUT2D eigenvalue weighted by Gasteiger charge is 2.39. The van der Waals surface area contributed by atoms with Crippen LogP contribution in [-0.4, -0.2) is 43.6 Å². The lowest BCUT2D eigenvalue weighted by atomic mass is 9.75. The Balaban J connectivity index is 0.000000230. The van der Waals surface area contributed by atoms with Crippen LogP contribution in [0.4, 0.5) is 42.5 Å². The standard InChI is InChI=1S/C27H34F3N3O5.C23H26F3N3O/c1-25(2,3)38-24(34)32(18-10-12-26(4,5)13-11-18)16-17-6-8-19(9-7-17)37-23-15-21(31)22(33(35)36)14-20(23)27(28,29)30;1-22(2)9-7-16(8-10-22)27-13-15-3-5-17(6-4-15)30-21-12-20-19(28-14-29-20)11-18(21)23(24,25)26/h6-9,14-15,18H,10-13,16,31H2,1-5H3;3-6,11-12,14,16,27H,7-10,13H2,1-2H3,(H,28,29). The zero-order valence-corrected chi connectivity index (χ0v) is 39.4. The zero-order valence-electron chi connectivity index (χ0n) is 39.4. The van der Waals surface area contributed by atoms with Crippen molar-refractivity contribution >= 4 is 28.5 Å². The lowest BCUT2D eigenvalue weighted by Gasteiger charge is -2.40. The van der Waals surface area contributed by atoms with Crippen LogP contribution >= 0.6 is 0 Å². The highest BCUT2D eigenvalue weighted by molar-refractivity contribution is 5.78. The maximum atomic E-state index is 13.6. The first-order valence-corrected chi connectivity index (χ1v) is 22.6. The quantitative estimate of drug-likeness (QED) is 0.0507. The van der Waals surface area contributed by atoms with Crippen molar-refractivity contribution in [3.05, 3.63) is 111 Å². The molecule has 0 aliphatic heterocycles. The predicted octanol–water partition coefficient (Wildman–Crippen LogP) is 14.1. The Labute approximate surface area is 392 Å². The fourth-order valence-electron chi connectivity index (χ4n) is 8.33. The maximum Gasteiger partial charge on any atom is 0.420 e. The third kappa shape index (κ3) is 14.0. The van der Waals surface area contributed by atoms with E-state index in [1.165, 1.54) is 50.2 Å². The average Bonchev–Trinajstić information content (AvgIpc) is 3.70. The number of hydrogen-bond donors (Lipinski definition) is 3. The first kappa shape index (κ1) is 51.4. The van der Waals surface area contributed by atoms with Crippen LogP contribution in [0.25, 0.3) is 11.0 Å². The number of fused-ring (bicyclic) bond motifs is 1. The Bertz CT molecular complexity index is 2510. The number of anilines is 1. The summed E-state index contributed by atoms with van der Waals surface area (Å²) in [4.78, 5) is 31.6. The summed E-state index contributed by atoms with van der Waals surface area (Å²) >= 11 is 0. The number of nitrogens with zero attached hydrogens (tertiary/aromatic N) is 3. The Morgan fingerprint density at radius 1 is 0.794 bits per heavy atom. The Kier molecular flexibility index (Phi) is 15.3. The first-order chi connectivity index (χ1) is 31.6. The number of benzene rings is 4. The lowest BCUT2D eigenvalue weighted by molar-refractivity contribution is -0.384. The number of carbonyl (C=O) groups is 1. The number of halogens is 6. The molecule has 0 unspecified atom stereocenters. The molecule has 2 aliphatic carbocycles. The number of nitrogen functional groups attached to an aromatic ring is 1. The molecule has 0 atom stereocenters. The molecule has 12 nitrogen and oxygen atoms in total. The van der Waals surface area contributed by atoms with Gasteiger partial charge in [0.2, 0.25) is 0 Å². The summed E-state index contributed by atoms with van der Waals surface area (Å²) in [5, 5.41) is 14.6. The number of nitrogens with one attached hydrogen (secondary N) is 2. The number of carbonyl (C=O) groups excluding carboxylic acids is 1. The first-order valence-electron chi connectivity index (χ1n) is 22.6. The van der Waals surface area contributed by atoms with E-state index in [-0.39, 0.29) is 29.5 Å². The second kappa shape index (κ2) is 20.3. The van der Waals surface area contributed by atoms with E-state index < -0.39 is 57.2 Å². The van der Waals surface area contributed by atoms with Crippen molar-refractivity contribution in [2.24, 2.45) is 10.8 Å². The minimum absolute atomic E-state index is 0.00577. The van der Waals surface area contributed by atoms with Crippen molar-refractivity contribution < 1.29 is 50.3 Å². The number of aromatic amines is 1. The smallest absolute Gasteiger partial charge is 0.420 e. The van der Waals surface area contributed by atoms with E-state index in [4.69, 9.17) is 19.9 Å². The highest BCUT2D eigenvalue weighted by atomic mass is 19.4. The van der Waals surface area contributed by atoms with E-state index in [1.807, 2.05) is 12.1 Å². The van der Waals surface area contributed by atoms with Crippen LogP contribution in [0.15, 0.2) is 79.1 Å². The van der Waals surface area contributed by atoms with Crippen LogP contribution in [0, 0.1) is 20.9 Å². The molecule has 2 fully saturated rings. The molecule has 4 N–H and O–H groups in total. The molecule has 1 aromatic heterocycles. The van der Waals surface area contributed by atoms with E-state index in [0.717, 1.165) is 55.5 Å². The monoisotopic (exact) mass is 954 g/mol. The summed E-state index contributed by atoms with van der Waals surface area (Å²) in [7, 11) is 0. The van der Waals surface area contributed by atoms with Gasteiger partial charge in [-0.25, -0.2) is 9.78 Å². The molecular weight excluding hydrogens is 895 g/mol. The fraction of sp³-hybridized carbons (Fsp3) is 0.480. The largest absolute Gasteiger partial charge is 0.457 e. The molecule has 1 heterocycles. The Hall–Kier alpha value is -6.04. The molecule has 0 spiro atoms. The van der Waals surface area contributed by atoms with Crippen LogP contribution in [0.3, 0.4) is 0 Å². The van der Waals surface area contributed by atoms with Crippen LogP contribution in [0.2, 0.25) is 0 Å². The van der Waals surface area contributed by atoms with Crippen molar-refractivity contribution in [3.8, 4) is 23.0 Å². The van der Waals surface area contributed by atoms with Crippen LogP contribution in [-0.2, 0) is 30.2 Å². The van der Waals surface area contributed by atoms with Gasteiger partial charge in [-0.05, 0) is 124 Å². The van der Waals surface area contributed by atoms with E-state index in [0.29, 0.717) is 34.3 Å². The van der Waals surface area contributed by atoms with Gasteiger partial charge in [-0.2, -0.15) is 26.3 Å². The van der Waals surface area contributed by atoms with Gasteiger partial charge in [0.1, 0.15) is 45.4 Å². The van der Waals surface area contributed by atoms with Gasteiger partial charge < -0.3 is 35.1 Å². The van der Waals surface area contributed by atoms with Crippen LogP contribution in [0.5, 0.6) is 23.0 Å². The average molecular weight is 955 g/mol. The fourth-order valence-corrected chi connectivity index (χ4v) is 8.33. The van der Waals surface area contributed by atoms with Gasteiger partial charge in [0.25, 0.3) is 5.69 Å². The number of hydrogen-bond acceptors (Lipinski definition) is 9. The number of imidazole rings is 1.